The van der Waals surface area contributed by atoms with Crippen molar-refractivity contribution in [2.45, 2.75) is 78.9 Å². The van der Waals surface area contributed by atoms with Gasteiger partial charge >= 0.3 is 17.1 Å². The van der Waals surface area contributed by atoms with E-state index in [4.69, 9.17) is 0 Å². The van der Waals surface area contributed by atoms with Gasteiger partial charge in [0.1, 0.15) is 0 Å². The first-order valence-electron chi connectivity index (χ1n) is 8.57. The third-order valence-corrected chi connectivity index (χ3v) is 4.77. The smallest absolute Gasteiger partial charge is 1.00 e. The molecule has 0 unspecified atom stereocenters. The van der Waals surface area contributed by atoms with Gasteiger partial charge in [-0.3, -0.25) is 14.7 Å². The Morgan fingerprint density at radius 3 is 0.625 bits per heavy atom. The average Bonchev–Trinajstić information content (AvgIpc) is 2.34. The summed E-state index contributed by atoms with van der Waals surface area (Å²) in [4.78, 5) is 7.95. The van der Waals surface area contributed by atoms with Gasteiger partial charge in [0, 0.05) is 55.9 Å². The van der Waals surface area contributed by atoms with Crippen LogP contribution >= 0.6 is 0 Å². The summed E-state index contributed by atoms with van der Waals surface area (Å²) in [5.74, 6) is 0. The van der Waals surface area contributed by atoms with Gasteiger partial charge in [0.2, 0.25) is 0 Å². The summed E-state index contributed by atoms with van der Waals surface area (Å²) in [6.45, 7) is 28.1. The van der Waals surface area contributed by atoms with Crippen LogP contribution in [0.3, 0.4) is 0 Å². The van der Waals surface area contributed by atoms with Gasteiger partial charge in [-0.25, -0.2) is 0 Å². The predicted octanol–water partition coefficient (Wildman–Crippen LogP) is -2.69. The minimum Gasteiger partial charge on any atom is -1.00 e. The van der Waals surface area contributed by atoms with Crippen molar-refractivity contribution in [2.75, 3.05) is 39.3 Å². The molecule has 1 aliphatic heterocycles. The number of nitrogens with zero attached hydrogens (tertiary/aromatic N) is 3. The van der Waals surface area contributed by atoms with Crippen LogP contribution in [0.15, 0.2) is 0 Å². The van der Waals surface area contributed by atoms with Crippen LogP contribution in [0, 0.1) is 0 Å². The van der Waals surface area contributed by atoms with Gasteiger partial charge in [-0.05, 0) is 62.3 Å². The van der Waals surface area contributed by atoms with Crippen LogP contribution in [-0.4, -0.2) is 70.6 Å². The Labute approximate surface area is 183 Å². The number of hydrogen-bond acceptors (Lipinski definition) is 3. The molecule has 6 heteroatoms. The molecule has 0 aliphatic carbocycles. The summed E-state index contributed by atoms with van der Waals surface area (Å²) in [6, 6.07) is 0. The summed E-state index contributed by atoms with van der Waals surface area (Å²) in [7, 11) is 0. The summed E-state index contributed by atoms with van der Waals surface area (Å²) >= 11 is 0. The van der Waals surface area contributed by atoms with Gasteiger partial charge < -0.3 is 34.0 Å². The maximum absolute atomic E-state index is 2.65. The van der Waals surface area contributed by atoms with Crippen molar-refractivity contribution in [2.24, 2.45) is 0 Å². The Kier molecular flexibility index (Phi) is 14.1. The molecule has 0 bridgehead atoms. The van der Waals surface area contributed by atoms with Gasteiger partial charge in [0.25, 0.3) is 0 Å². The van der Waals surface area contributed by atoms with Crippen molar-refractivity contribution in [3.8, 4) is 0 Å². The molecule has 151 valence electrons. The Morgan fingerprint density at radius 2 is 0.542 bits per heavy atom. The normalized spacial score (nSPS) is 19.9. The molecule has 1 saturated heterocycles. The maximum atomic E-state index is 2.65. The predicted molar refractivity (Wildman–Crippen MR) is 94.0 cm³/mol. The van der Waals surface area contributed by atoms with Gasteiger partial charge in [-0.1, -0.05) is 0 Å². The van der Waals surface area contributed by atoms with Crippen molar-refractivity contribution in [3.05, 3.63) is 0 Å². The number of rotatable bonds is 0. The molecule has 0 atom stereocenters. The van der Waals surface area contributed by atoms with Crippen molar-refractivity contribution in [1.29, 1.82) is 0 Å². The van der Waals surface area contributed by atoms with Gasteiger partial charge in [0.05, 0.1) is 0 Å². The van der Waals surface area contributed by atoms with Crippen molar-refractivity contribution in [3.63, 3.8) is 0 Å². The minimum absolute atomic E-state index is 0. The van der Waals surface area contributed by atoms with E-state index in [0.29, 0.717) is 0 Å². The zero-order valence-electron chi connectivity index (χ0n) is 17.1. The van der Waals surface area contributed by atoms with E-state index in [9.17, 15) is 0 Å². The second kappa shape index (κ2) is 11.3. The molecule has 1 fully saturated rings. The molecule has 1 heterocycles. The fourth-order valence-corrected chi connectivity index (χ4v) is 3.07. The van der Waals surface area contributed by atoms with Gasteiger partial charge in [-0.2, -0.15) is 0 Å². The van der Waals surface area contributed by atoms with Crippen LogP contribution in [0.1, 0.15) is 62.3 Å². The first-order chi connectivity index (χ1) is 9.32. The monoisotopic (exact) mass is 518 g/mol. The van der Waals surface area contributed by atoms with Crippen molar-refractivity contribution in [1.82, 2.24) is 14.7 Å². The molecule has 1 aliphatic rings. The molecule has 0 aromatic rings. The van der Waals surface area contributed by atoms with E-state index in [1.54, 1.807) is 0 Å². The Hall–Kier alpha value is 1.36. The van der Waals surface area contributed by atoms with Gasteiger partial charge in [0.15, 0.2) is 0 Å². The standard InChI is InChI=1S/C18H39N3.2BrH.Cu/c1-16(2,3)19-10-12-20(17(4,5)6)14-15-21(13-11-19)18(7,8)9;;;/h10-15H2,1-9H3;2*1H;/q;;;+2/p-2. The fraction of sp³-hybridized carbons (Fsp3) is 1.00. The largest absolute Gasteiger partial charge is 2.00 e. The van der Waals surface area contributed by atoms with Crippen LogP contribution in [-0.2, 0) is 17.1 Å². The first kappa shape index (κ1) is 30.1. The molecule has 0 aromatic carbocycles. The van der Waals surface area contributed by atoms with Crippen LogP contribution < -0.4 is 34.0 Å². The van der Waals surface area contributed by atoms with Crippen LogP contribution in [0.2, 0.25) is 0 Å². The van der Waals surface area contributed by atoms with Crippen molar-refractivity contribution >= 4 is 0 Å². The summed E-state index contributed by atoms with van der Waals surface area (Å²) in [6.07, 6.45) is 0. The second-order valence-electron chi connectivity index (χ2n) is 9.47. The molecular formula is C18H39Br2CuN3. The van der Waals surface area contributed by atoms with Crippen LogP contribution in [0.5, 0.6) is 0 Å². The van der Waals surface area contributed by atoms with E-state index in [0.717, 1.165) is 0 Å². The van der Waals surface area contributed by atoms with Crippen molar-refractivity contribution < 1.29 is 51.0 Å². The SMILES string of the molecule is CC(C)(C)N1CCN(C(C)(C)C)CCN(C(C)(C)C)CC1.[Br-].[Br-].[Cu+2]. The van der Waals surface area contributed by atoms with E-state index < -0.39 is 0 Å². The molecule has 1 rings (SSSR count). The molecule has 3 nitrogen and oxygen atoms in total. The Bertz CT molecular complexity index is 268. The van der Waals surface area contributed by atoms with E-state index in [-0.39, 0.29) is 67.6 Å². The van der Waals surface area contributed by atoms with E-state index in [1.807, 2.05) is 0 Å². The maximum Gasteiger partial charge on any atom is 2.00 e. The number of halogens is 2. The summed E-state index contributed by atoms with van der Waals surface area (Å²) < 4.78 is 0. The third-order valence-electron chi connectivity index (χ3n) is 4.77. The zero-order valence-corrected chi connectivity index (χ0v) is 21.3. The Balaban J connectivity index is -0.00000147. The van der Waals surface area contributed by atoms with Crippen LogP contribution in [0.4, 0.5) is 0 Å². The van der Waals surface area contributed by atoms with E-state index >= 15 is 0 Å². The number of hydrogen-bond donors (Lipinski definition) is 0. The third kappa shape index (κ3) is 9.89. The second-order valence-corrected chi connectivity index (χ2v) is 9.47. The summed E-state index contributed by atoms with van der Waals surface area (Å²) in [5, 5.41) is 0. The van der Waals surface area contributed by atoms with E-state index in [2.05, 4.69) is 77.0 Å². The minimum atomic E-state index is 0. The zero-order chi connectivity index (χ0) is 16.5. The molecule has 0 amide bonds. The molecule has 1 radical (unpaired) electrons. The van der Waals surface area contributed by atoms with Gasteiger partial charge in [-0.15, -0.1) is 0 Å². The molecule has 0 spiro atoms. The quantitative estimate of drug-likeness (QED) is 0.322. The fourth-order valence-electron chi connectivity index (χ4n) is 3.07. The average molecular weight is 521 g/mol. The molecule has 24 heavy (non-hydrogen) atoms. The van der Waals surface area contributed by atoms with Crippen LogP contribution in [0.25, 0.3) is 0 Å². The molecule has 0 N–H and O–H groups in total. The molecular weight excluding hydrogens is 482 g/mol. The molecule has 0 aromatic heterocycles. The summed E-state index contributed by atoms with van der Waals surface area (Å²) in [5.41, 5.74) is 0.742. The topological polar surface area (TPSA) is 9.72 Å². The Morgan fingerprint density at radius 1 is 0.417 bits per heavy atom. The van der Waals surface area contributed by atoms with E-state index in [1.165, 1.54) is 39.3 Å². The molecule has 0 saturated carbocycles. The first-order valence-corrected chi connectivity index (χ1v) is 8.57.